The lowest BCUT2D eigenvalue weighted by Crippen LogP contribution is -2.58. The van der Waals surface area contributed by atoms with E-state index in [1.165, 1.54) is 0 Å². The van der Waals surface area contributed by atoms with Gasteiger partial charge in [0.15, 0.2) is 0 Å². The number of piperazine rings is 1. The van der Waals surface area contributed by atoms with Crippen LogP contribution in [0.25, 0.3) is 10.9 Å². The number of hydrogen-bond donors (Lipinski definition) is 1. The van der Waals surface area contributed by atoms with Crippen LogP contribution in [0.5, 0.6) is 5.75 Å². The molecule has 1 N–H and O–H groups in total. The second kappa shape index (κ2) is 9.54. The molecule has 1 aliphatic heterocycles. The number of methoxy groups -OCH3 is 1. The van der Waals surface area contributed by atoms with E-state index in [1.807, 2.05) is 54.6 Å². The van der Waals surface area contributed by atoms with Crippen molar-refractivity contribution in [2.45, 2.75) is 0 Å². The van der Waals surface area contributed by atoms with Crippen molar-refractivity contribution in [3.05, 3.63) is 94.8 Å². The summed E-state index contributed by atoms with van der Waals surface area (Å²) in [7, 11) is 1.58. The number of halogens is 1. The Hall–Kier alpha value is -3.65. The Bertz CT molecular complexity index is 1370. The van der Waals surface area contributed by atoms with Gasteiger partial charge < -0.3 is 24.8 Å². The van der Waals surface area contributed by atoms with E-state index < -0.39 is 4.65 Å². The van der Waals surface area contributed by atoms with E-state index >= 15 is 0 Å². The summed E-state index contributed by atoms with van der Waals surface area (Å²) in [6, 6.07) is 22.1. The van der Waals surface area contributed by atoms with Crippen LogP contribution in [0, 0.1) is 5.21 Å². The number of hydrogen-bond acceptors (Lipinski definition) is 5. The van der Waals surface area contributed by atoms with Gasteiger partial charge in [-0.3, -0.25) is 9.78 Å². The molecular formula is C27H25ClN4O3. The number of carbonyl (C=O) groups is 1. The first-order valence-corrected chi connectivity index (χ1v) is 11.8. The summed E-state index contributed by atoms with van der Waals surface area (Å²) in [4.78, 5) is 19.2. The number of quaternary nitrogens is 1. The molecule has 1 fully saturated rings. The number of amides is 1. The first-order chi connectivity index (χ1) is 16.9. The first-order valence-electron chi connectivity index (χ1n) is 11.4. The van der Waals surface area contributed by atoms with Crippen molar-refractivity contribution in [2.75, 3.05) is 38.6 Å². The van der Waals surface area contributed by atoms with Gasteiger partial charge in [-0.25, -0.2) is 0 Å². The minimum Gasteiger partial charge on any atom is -0.627 e. The highest BCUT2D eigenvalue weighted by Crippen LogP contribution is 2.29. The molecule has 5 rings (SSSR count). The lowest BCUT2D eigenvalue weighted by molar-refractivity contribution is 0.0683. The van der Waals surface area contributed by atoms with E-state index in [0.717, 1.165) is 22.3 Å². The van der Waals surface area contributed by atoms with Crippen LogP contribution in [0.2, 0.25) is 5.02 Å². The summed E-state index contributed by atoms with van der Waals surface area (Å²) in [5.41, 5.74) is 3.81. The average Bonchev–Trinajstić information content (AvgIpc) is 2.89. The van der Waals surface area contributed by atoms with E-state index in [4.69, 9.17) is 16.3 Å². The maximum atomic E-state index is 13.4. The van der Waals surface area contributed by atoms with Gasteiger partial charge in [0.25, 0.3) is 5.91 Å². The number of hydroxylamine groups is 2. The first kappa shape index (κ1) is 23.1. The zero-order valence-electron chi connectivity index (χ0n) is 19.3. The maximum absolute atomic E-state index is 13.4. The number of nitrogens with one attached hydrogen (secondary N) is 1. The minimum absolute atomic E-state index is 0.0718. The molecule has 35 heavy (non-hydrogen) atoms. The summed E-state index contributed by atoms with van der Waals surface area (Å²) < 4.78 is 4.79. The van der Waals surface area contributed by atoms with Gasteiger partial charge in [0.2, 0.25) is 0 Å². The number of ether oxygens (including phenoxy) is 1. The highest BCUT2D eigenvalue weighted by atomic mass is 35.5. The van der Waals surface area contributed by atoms with Gasteiger partial charge in [-0.05, 0) is 60.7 Å². The molecule has 0 spiro atoms. The molecule has 0 saturated carbocycles. The third-order valence-electron chi connectivity index (χ3n) is 6.39. The fourth-order valence-corrected chi connectivity index (χ4v) is 4.54. The normalized spacial score (nSPS) is 15.1. The van der Waals surface area contributed by atoms with Crippen LogP contribution in [-0.2, 0) is 0 Å². The lowest BCUT2D eigenvalue weighted by atomic mass is 10.1. The zero-order valence-corrected chi connectivity index (χ0v) is 20.0. The smallest absolute Gasteiger partial charge is 0.254 e. The summed E-state index contributed by atoms with van der Waals surface area (Å²) in [5.74, 6) is 0.587. The number of anilines is 2. The SMILES string of the molecule is COc1cccc([N+]2([O-])CCN(C(=O)c3ccc(Nc4ccnc5cc(Cl)ccc45)cc3)CC2)c1. The molecule has 1 amide bonds. The van der Waals surface area contributed by atoms with Gasteiger partial charge >= 0.3 is 0 Å². The highest BCUT2D eigenvalue weighted by Gasteiger charge is 2.30. The largest absolute Gasteiger partial charge is 0.627 e. The summed E-state index contributed by atoms with van der Waals surface area (Å²) in [6.07, 6.45) is 1.73. The Labute approximate surface area is 208 Å². The molecule has 1 aromatic heterocycles. The fraction of sp³-hybridized carbons (Fsp3) is 0.185. The molecule has 0 radical (unpaired) electrons. The van der Waals surface area contributed by atoms with Crippen molar-refractivity contribution in [2.24, 2.45) is 0 Å². The van der Waals surface area contributed by atoms with Crippen LogP contribution >= 0.6 is 11.6 Å². The number of carbonyl (C=O) groups excluding carboxylic acids is 1. The summed E-state index contributed by atoms with van der Waals surface area (Å²) in [6.45, 7) is 1.39. The van der Waals surface area contributed by atoms with Gasteiger partial charge in [0.05, 0.1) is 25.7 Å². The molecule has 7 nitrogen and oxygen atoms in total. The quantitative estimate of drug-likeness (QED) is 0.292. The molecule has 0 aliphatic carbocycles. The van der Waals surface area contributed by atoms with E-state index in [1.54, 1.807) is 36.4 Å². The number of benzene rings is 3. The van der Waals surface area contributed by atoms with Crippen LogP contribution < -0.4 is 14.7 Å². The van der Waals surface area contributed by atoms with Gasteiger partial charge in [-0.15, -0.1) is 0 Å². The third-order valence-corrected chi connectivity index (χ3v) is 6.62. The predicted octanol–water partition coefficient (Wildman–Crippen LogP) is 5.60. The molecule has 1 saturated heterocycles. The number of nitrogens with zero attached hydrogens (tertiary/aromatic N) is 3. The van der Waals surface area contributed by atoms with Crippen molar-refractivity contribution >= 4 is 45.5 Å². The Balaban J connectivity index is 1.25. The van der Waals surface area contributed by atoms with E-state index in [-0.39, 0.29) is 5.91 Å². The monoisotopic (exact) mass is 488 g/mol. The van der Waals surface area contributed by atoms with Gasteiger partial charge in [0.1, 0.15) is 24.5 Å². The highest BCUT2D eigenvalue weighted by molar-refractivity contribution is 6.31. The molecule has 8 heteroatoms. The van der Waals surface area contributed by atoms with Gasteiger partial charge in [-0.2, -0.15) is 0 Å². The Morgan fingerprint density at radius 2 is 1.83 bits per heavy atom. The van der Waals surface area contributed by atoms with E-state index in [2.05, 4.69) is 10.3 Å². The number of pyridine rings is 1. The minimum atomic E-state index is -0.463. The summed E-state index contributed by atoms with van der Waals surface area (Å²) in [5, 5.41) is 18.3. The van der Waals surface area contributed by atoms with E-state index in [0.29, 0.717) is 48.2 Å². The Kier molecular flexibility index (Phi) is 6.30. The zero-order chi connectivity index (χ0) is 24.4. The van der Waals surface area contributed by atoms with Crippen LogP contribution in [-0.4, -0.2) is 49.1 Å². The predicted molar refractivity (Wildman–Crippen MR) is 140 cm³/mol. The fourth-order valence-electron chi connectivity index (χ4n) is 4.38. The van der Waals surface area contributed by atoms with Crippen molar-refractivity contribution in [3.63, 3.8) is 0 Å². The molecule has 3 aromatic carbocycles. The molecule has 178 valence electrons. The second-order valence-corrected chi connectivity index (χ2v) is 8.99. The van der Waals surface area contributed by atoms with E-state index in [9.17, 15) is 10.0 Å². The van der Waals surface area contributed by atoms with Crippen molar-refractivity contribution in [1.82, 2.24) is 14.5 Å². The maximum Gasteiger partial charge on any atom is 0.254 e. The molecule has 0 bridgehead atoms. The van der Waals surface area contributed by atoms with Crippen molar-refractivity contribution < 1.29 is 9.53 Å². The number of fused-ring (bicyclic) bond motifs is 1. The van der Waals surface area contributed by atoms with Gasteiger partial charge in [-0.1, -0.05) is 17.7 Å². The van der Waals surface area contributed by atoms with Crippen molar-refractivity contribution in [3.8, 4) is 5.75 Å². The topological polar surface area (TPSA) is 77.5 Å². The lowest BCUT2D eigenvalue weighted by Gasteiger charge is -2.47. The molecule has 0 unspecified atom stereocenters. The molecule has 4 aromatic rings. The second-order valence-electron chi connectivity index (χ2n) is 8.55. The van der Waals surface area contributed by atoms with Crippen molar-refractivity contribution in [1.29, 1.82) is 0 Å². The van der Waals surface area contributed by atoms with Crippen LogP contribution in [0.1, 0.15) is 10.4 Å². The van der Waals surface area contributed by atoms with Crippen LogP contribution in [0.3, 0.4) is 0 Å². The molecular weight excluding hydrogens is 464 g/mol. The van der Waals surface area contributed by atoms with Gasteiger partial charge in [0, 0.05) is 39.6 Å². The molecule has 2 heterocycles. The average molecular weight is 489 g/mol. The Morgan fingerprint density at radius 1 is 1.06 bits per heavy atom. The van der Waals surface area contributed by atoms with Crippen LogP contribution in [0.15, 0.2) is 79.0 Å². The molecule has 0 atom stereocenters. The Morgan fingerprint density at radius 3 is 2.57 bits per heavy atom. The standard InChI is InChI=1S/C27H25ClN4O3/c1-35-23-4-2-3-22(18-23)32(34)15-13-31(14-16-32)27(33)19-5-8-21(9-6-19)30-25-11-12-29-26-17-20(28)7-10-24(25)26/h2-12,17-18H,13-16H2,1H3,(H,29,30). The third kappa shape index (κ3) is 4.79. The van der Waals surface area contributed by atoms with Crippen LogP contribution in [0.4, 0.5) is 17.1 Å². The number of aromatic nitrogens is 1. The molecule has 1 aliphatic rings. The summed E-state index contributed by atoms with van der Waals surface area (Å²) >= 11 is 6.08. The number of rotatable bonds is 5.